The number of phenolic OH excluding ortho intramolecular Hbond substituents is 1. The van der Waals surface area contributed by atoms with E-state index in [4.69, 9.17) is 19.2 Å². The lowest BCUT2D eigenvalue weighted by Crippen LogP contribution is -2.62. The van der Waals surface area contributed by atoms with Crippen LogP contribution in [0.1, 0.15) is 77.3 Å². The number of rotatable bonds is 12. The zero-order chi connectivity index (χ0) is 49.5. The van der Waals surface area contributed by atoms with Gasteiger partial charge in [-0.05, 0) is 97.7 Å². The number of esters is 1. The molecule has 3 fully saturated rings. The van der Waals surface area contributed by atoms with Crippen LogP contribution < -0.4 is 16.1 Å². The molecule has 3 saturated heterocycles. The maximum Gasteiger partial charge on any atom is 0.324 e. The Morgan fingerprint density at radius 3 is 2.52 bits per heavy atom. The first-order chi connectivity index (χ1) is 32.9. The molecule has 4 aliphatic rings. The highest BCUT2D eigenvalue weighted by Gasteiger charge is 2.50. The van der Waals surface area contributed by atoms with Crippen molar-refractivity contribution < 1.29 is 43.3 Å². The number of ether oxygens (including phenoxy) is 3. The number of likely N-dealkylation sites (N-methyl/N-ethyl adjacent to an activating group) is 2. The molecule has 4 aliphatic heterocycles. The number of amides is 4. The van der Waals surface area contributed by atoms with Crippen molar-refractivity contribution >= 4 is 40.5 Å². The molecule has 2 aromatic carbocycles. The van der Waals surface area contributed by atoms with E-state index in [2.05, 4.69) is 59.6 Å². The summed E-state index contributed by atoms with van der Waals surface area (Å²) in [7, 11) is 4.77. The fourth-order valence-corrected chi connectivity index (χ4v) is 10.3. The van der Waals surface area contributed by atoms with Crippen molar-refractivity contribution in [2.75, 3.05) is 54.1 Å². The zero-order valence-electron chi connectivity index (χ0n) is 41.3. The summed E-state index contributed by atoms with van der Waals surface area (Å²) in [5, 5.41) is 19.9. The van der Waals surface area contributed by atoms with Crippen molar-refractivity contribution in [3.63, 3.8) is 0 Å². The topological polar surface area (TPSA) is 207 Å². The van der Waals surface area contributed by atoms with Crippen molar-refractivity contribution in [2.24, 2.45) is 17.3 Å². The van der Waals surface area contributed by atoms with E-state index in [1.807, 2.05) is 39.0 Å². The number of hydrogen-bond acceptors (Lipinski definition) is 12. The van der Waals surface area contributed by atoms with Crippen LogP contribution in [0.5, 0.6) is 5.75 Å². The molecule has 69 heavy (non-hydrogen) atoms. The molecule has 0 radical (unpaired) electrons. The molecule has 4 amide bonds. The van der Waals surface area contributed by atoms with Crippen LogP contribution in [0.2, 0.25) is 0 Å². The Morgan fingerprint density at radius 2 is 1.83 bits per heavy atom. The van der Waals surface area contributed by atoms with E-state index in [0.29, 0.717) is 50.1 Å². The van der Waals surface area contributed by atoms with E-state index in [1.54, 1.807) is 32.5 Å². The average molecular weight is 949 g/mol. The quantitative estimate of drug-likeness (QED) is 0.115. The van der Waals surface area contributed by atoms with Crippen LogP contribution in [0.4, 0.5) is 0 Å². The average Bonchev–Trinajstić information content (AvgIpc) is 4.02. The molecule has 370 valence electrons. The number of benzene rings is 2. The number of nitrogens with zero attached hydrogens (tertiary/aromatic N) is 5. The molecule has 2 aromatic heterocycles. The summed E-state index contributed by atoms with van der Waals surface area (Å²) in [6, 6.07) is 12.0. The van der Waals surface area contributed by atoms with Gasteiger partial charge in [0, 0.05) is 80.8 Å². The molecule has 6 bridgehead atoms. The van der Waals surface area contributed by atoms with Crippen molar-refractivity contribution in [1.29, 1.82) is 0 Å². The molecule has 8 rings (SSSR count). The molecule has 6 heterocycles. The van der Waals surface area contributed by atoms with Crippen LogP contribution in [0.3, 0.4) is 0 Å². The minimum absolute atomic E-state index is 0.0204. The van der Waals surface area contributed by atoms with Crippen LogP contribution in [-0.2, 0) is 57.6 Å². The minimum Gasteiger partial charge on any atom is -0.508 e. The first-order valence-corrected chi connectivity index (χ1v) is 24.2. The number of cyclic esters (lactones) is 1. The third-order valence-corrected chi connectivity index (χ3v) is 14.2. The molecule has 0 spiro atoms. The van der Waals surface area contributed by atoms with E-state index in [0.717, 1.165) is 39.0 Å². The molecule has 4 aromatic rings. The second kappa shape index (κ2) is 20.2. The van der Waals surface area contributed by atoms with Crippen LogP contribution in [0, 0.1) is 17.3 Å². The molecular weight excluding hydrogens is 881 g/mol. The Bertz CT molecular complexity index is 2610. The van der Waals surface area contributed by atoms with Crippen LogP contribution in [0.25, 0.3) is 33.3 Å². The molecule has 4 N–H and O–H groups in total. The Labute approximate surface area is 404 Å². The van der Waals surface area contributed by atoms with Crippen LogP contribution in [0.15, 0.2) is 54.7 Å². The number of pyridine rings is 1. The van der Waals surface area contributed by atoms with Gasteiger partial charge < -0.3 is 39.0 Å². The van der Waals surface area contributed by atoms with Gasteiger partial charge in [-0.3, -0.25) is 39.3 Å². The SMILES string of the molecule is CCn1c(-c2cccnc2[C@H](C)OC)c2c3cc(ccc31)-c1cc(O)cc(c1)C[C@H](NC(=O)[C@H](C(C)C)N(C)C(=O)CN(C)C(=O)[C@@H]1N[C@@H]1C1COC1)C(=O)N1CCC[C@H](N1)C(=O)OCC(C)(C)C2. The van der Waals surface area contributed by atoms with E-state index in [9.17, 15) is 29.1 Å². The summed E-state index contributed by atoms with van der Waals surface area (Å²) in [6.07, 6.45) is 2.92. The molecule has 17 nitrogen and oxygen atoms in total. The van der Waals surface area contributed by atoms with Crippen LogP contribution >= 0.6 is 0 Å². The van der Waals surface area contributed by atoms with Gasteiger partial charge in [-0.25, -0.2) is 5.43 Å². The highest BCUT2D eigenvalue weighted by atomic mass is 16.5. The minimum atomic E-state index is -1.19. The summed E-state index contributed by atoms with van der Waals surface area (Å²) in [5.74, 6) is -2.32. The molecule has 0 saturated carbocycles. The van der Waals surface area contributed by atoms with Gasteiger partial charge in [0.1, 0.15) is 29.9 Å². The predicted octanol–water partition coefficient (Wildman–Crippen LogP) is 4.38. The van der Waals surface area contributed by atoms with Crippen LogP contribution in [-0.4, -0.2) is 143 Å². The summed E-state index contributed by atoms with van der Waals surface area (Å²) < 4.78 is 19.5. The highest BCUT2D eigenvalue weighted by molar-refractivity contribution is 5.96. The van der Waals surface area contributed by atoms with E-state index in [-0.39, 0.29) is 67.8 Å². The van der Waals surface area contributed by atoms with Gasteiger partial charge in [-0.1, -0.05) is 39.8 Å². The number of hydrogen-bond donors (Lipinski definition) is 4. The van der Waals surface area contributed by atoms with Gasteiger partial charge in [-0.2, -0.15) is 0 Å². The maximum atomic E-state index is 14.8. The number of fused-ring (bicyclic) bond motifs is 6. The lowest BCUT2D eigenvalue weighted by molar-refractivity contribution is -0.155. The smallest absolute Gasteiger partial charge is 0.324 e. The zero-order valence-corrected chi connectivity index (χ0v) is 41.3. The summed E-state index contributed by atoms with van der Waals surface area (Å²) in [4.78, 5) is 77.8. The monoisotopic (exact) mass is 949 g/mol. The van der Waals surface area contributed by atoms with Crippen molar-refractivity contribution in [1.82, 2.24) is 40.4 Å². The highest BCUT2D eigenvalue weighted by Crippen LogP contribution is 2.42. The van der Waals surface area contributed by atoms with E-state index in [1.165, 1.54) is 21.9 Å². The van der Waals surface area contributed by atoms with Gasteiger partial charge in [0.15, 0.2) is 0 Å². The molecular formula is C52H68N8O9. The maximum absolute atomic E-state index is 14.8. The predicted molar refractivity (Wildman–Crippen MR) is 259 cm³/mol. The van der Waals surface area contributed by atoms with E-state index >= 15 is 0 Å². The Morgan fingerprint density at radius 1 is 1.06 bits per heavy atom. The number of carbonyl (C=O) groups is 5. The molecule has 0 aliphatic carbocycles. The van der Waals surface area contributed by atoms with Gasteiger partial charge in [-0.15, -0.1) is 0 Å². The third-order valence-electron chi connectivity index (χ3n) is 14.2. The number of aromatic hydroxyl groups is 1. The lowest BCUT2D eigenvalue weighted by Gasteiger charge is -2.37. The standard InChI is InChI=1S/C52H68N8O9/c1-10-59-41-16-15-32-23-37(41)38(47(59)36-13-11-17-53-43(36)30(4)67-9)24-52(5,6)28-69-51(66)39-14-12-18-60(56-39)49(64)40(21-31-19-33(32)22-35(61)20-31)54-48(63)46(29(2)3)58(8)42(62)25-57(7)50(65)45-44(55-45)34-26-68-27-34/h11,13,15-17,19-20,22-23,29-30,34,39-40,44-46,55-56,61H,10,12,14,18,21,24-28H2,1-9H3,(H,54,63)/t30-,39-,40-,44+,45+,46-/m0/s1. The number of carbonyl (C=O) groups excluding carboxylic acids is 5. The summed E-state index contributed by atoms with van der Waals surface area (Å²) >= 11 is 0. The Balaban J connectivity index is 1.15. The first kappa shape index (κ1) is 49.5. The molecule has 17 heteroatoms. The fourth-order valence-electron chi connectivity index (χ4n) is 10.3. The number of methoxy groups -OCH3 is 1. The Hall–Kier alpha value is -5.88. The first-order valence-electron chi connectivity index (χ1n) is 24.2. The van der Waals surface area contributed by atoms with Gasteiger partial charge in [0.25, 0.3) is 5.91 Å². The number of nitrogens with one attached hydrogen (secondary N) is 3. The third kappa shape index (κ3) is 10.4. The summed E-state index contributed by atoms with van der Waals surface area (Å²) in [5.41, 5.74) is 9.47. The largest absolute Gasteiger partial charge is 0.508 e. The van der Waals surface area contributed by atoms with Gasteiger partial charge >= 0.3 is 5.97 Å². The van der Waals surface area contributed by atoms with E-state index < -0.39 is 47.2 Å². The van der Waals surface area contributed by atoms with Crippen molar-refractivity contribution in [2.45, 2.75) is 110 Å². The number of aryl methyl sites for hydroxylation is 1. The van der Waals surface area contributed by atoms with Gasteiger partial charge in [0.05, 0.1) is 43.9 Å². The number of aromatic nitrogens is 2. The van der Waals surface area contributed by atoms with Crippen molar-refractivity contribution in [3.05, 3.63) is 71.5 Å². The normalized spacial score (nSPS) is 22.6. The van der Waals surface area contributed by atoms with Crippen molar-refractivity contribution in [3.8, 4) is 28.1 Å². The number of phenols is 1. The fraction of sp³-hybridized carbons (Fsp3) is 0.538. The second-order valence-corrected chi connectivity index (χ2v) is 20.4. The molecule has 6 atom stereocenters. The lowest BCUT2D eigenvalue weighted by atomic mass is 9.84. The Kier molecular flexibility index (Phi) is 14.5. The van der Waals surface area contributed by atoms with Gasteiger partial charge in [0.2, 0.25) is 17.7 Å². The number of hydrazine groups is 1. The molecule has 0 unspecified atom stereocenters. The summed E-state index contributed by atoms with van der Waals surface area (Å²) in [6.45, 7) is 13.8. The second-order valence-electron chi connectivity index (χ2n) is 20.4.